The van der Waals surface area contributed by atoms with Gasteiger partial charge in [0, 0.05) is 15.4 Å². The number of rotatable bonds is 8. The van der Waals surface area contributed by atoms with Gasteiger partial charge in [-0.15, -0.1) is 0 Å². The molecule has 39 heavy (non-hydrogen) atoms. The van der Waals surface area contributed by atoms with Crippen LogP contribution in [-0.2, 0) is 4.79 Å². The summed E-state index contributed by atoms with van der Waals surface area (Å²) >= 11 is 3.46. The van der Waals surface area contributed by atoms with Gasteiger partial charge in [0.05, 0.1) is 31.3 Å². The summed E-state index contributed by atoms with van der Waals surface area (Å²) in [4.78, 5) is 29.5. The van der Waals surface area contributed by atoms with Gasteiger partial charge in [-0.1, -0.05) is 28.1 Å². The van der Waals surface area contributed by atoms with Gasteiger partial charge in [-0.25, -0.2) is 9.78 Å². The first-order chi connectivity index (χ1) is 18.8. The molecule has 0 bridgehead atoms. The van der Waals surface area contributed by atoms with Crippen molar-refractivity contribution in [1.29, 1.82) is 0 Å². The SMILES string of the molecule is COc1cc(C=Nn2c(-c3cc4cc(Br)ccc4o3)nc3ccccc3c2=O)cc(OC)c1O[C@@H](C)C(=O)O. The Kier molecular flexibility index (Phi) is 7.07. The number of furan rings is 1. The summed E-state index contributed by atoms with van der Waals surface area (Å²) in [6.45, 7) is 1.40. The van der Waals surface area contributed by atoms with Crippen LogP contribution in [-0.4, -0.2) is 47.3 Å². The van der Waals surface area contributed by atoms with Gasteiger partial charge in [-0.3, -0.25) is 4.79 Å². The number of aromatic nitrogens is 2. The van der Waals surface area contributed by atoms with E-state index in [-0.39, 0.29) is 28.6 Å². The minimum atomic E-state index is -1.14. The van der Waals surface area contributed by atoms with E-state index in [0.717, 1.165) is 9.86 Å². The monoisotopic (exact) mass is 591 g/mol. The van der Waals surface area contributed by atoms with Crippen LogP contribution in [0.5, 0.6) is 17.2 Å². The number of carboxylic acid groups (broad SMARTS) is 1. The first-order valence-electron chi connectivity index (χ1n) is 11.7. The van der Waals surface area contributed by atoms with Crippen molar-refractivity contribution in [2.75, 3.05) is 14.2 Å². The molecular formula is C28H22BrN3O7. The molecule has 5 rings (SSSR count). The molecule has 0 spiro atoms. The summed E-state index contributed by atoms with van der Waals surface area (Å²) in [5, 5.41) is 14.9. The quantitative estimate of drug-likeness (QED) is 0.240. The molecule has 11 heteroatoms. The summed E-state index contributed by atoms with van der Waals surface area (Å²) in [5.74, 6) is 0.0390. The molecule has 0 radical (unpaired) electrons. The average Bonchev–Trinajstić information content (AvgIpc) is 3.35. The highest BCUT2D eigenvalue weighted by Gasteiger charge is 2.21. The first-order valence-corrected chi connectivity index (χ1v) is 12.5. The van der Waals surface area contributed by atoms with Crippen LogP contribution in [0.4, 0.5) is 0 Å². The van der Waals surface area contributed by atoms with Gasteiger partial charge in [0.25, 0.3) is 5.56 Å². The Balaban J connectivity index is 1.64. The molecule has 0 aliphatic rings. The molecule has 0 fully saturated rings. The smallest absolute Gasteiger partial charge is 0.344 e. The zero-order chi connectivity index (χ0) is 27.7. The maximum atomic E-state index is 13.5. The van der Waals surface area contributed by atoms with E-state index in [0.29, 0.717) is 27.8 Å². The molecule has 198 valence electrons. The normalized spacial score (nSPS) is 12.2. The lowest BCUT2D eigenvalue weighted by atomic mass is 10.2. The number of aliphatic carboxylic acids is 1. The van der Waals surface area contributed by atoms with Crippen molar-refractivity contribution in [1.82, 2.24) is 9.66 Å². The number of halogens is 1. The van der Waals surface area contributed by atoms with Crippen LogP contribution in [0.2, 0.25) is 0 Å². The number of hydrogen-bond acceptors (Lipinski definition) is 8. The lowest BCUT2D eigenvalue weighted by molar-refractivity contribution is -0.144. The summed E-state index contributed by atoms with van der Waals surface area (Å²) in [5.41, 5.74) is 1.25. The van der Waals surface area contributed by atoms with E-state index in [1.54, 1.807) is 42.5 Å². The highest BCUT2D eigenvalue weighted by atomic mass is 79.9. The molecule has 0 saturated heterocycles. The van der Waals surface area contributed by atoms with E-state index in [1.165, 1.54) is 32.0 Å². The summed E-state index contributed by atoms with van der Waals surface area (Å²) < 4.78 is 24.5. The Hall–Kier alpha value is -4.64. The maximum absolute atomic E-state index is 13.5. The number of fused-ring (bicyclic) bond motifs is 2. The van der Waals surface area contributed by atoms with E-state index < -0.39 is 12.1 Å². The number of methoxy groups -OCH3 is 2. The number of para-hydroxylation sites is 1. The van der Waals surface area contributed by atoms with Crippen molar-refractivity contribution in [3.8, 4) is 28.8 Å². The predicted molar refractivity (Wildman–Crippen MR) is 149 cm³/mol. The van der Waals surface area contributed by atoms with Gasteiger partial charge in [-0.2, -0.15) is 9.78 Å². The fourth-order valence-corrected chi connectivity index (χ4v) is 4.34. The fraction of sp³-hybridized carbons (Fsp3) is 0.143. The van der Waals surface area contributed by atoms with Crippen LogP contribution in [0, 0.1) is 0 Å². The first kappa shape index (κ1) is 26.0. The molecule has 10 nitrogen and oxygen atoms in total. The molecule has 1 atom stereocenters. The molecule has 1 N–H and O–H groups in total. The third-order valence-electron chi connectivity index (χ3n) is 5.90. The van der Waals surface area contributed by atoms with Crippen LogP contribution >= 0.6 is 15.9 Å². The number of nitrogens with zero attached hydrogens (tertiary/aromatic N) is 3. The molecule has 2 aromatic heterocycles. The van der Waals surface area contributed by atoms with Crippen LogP contribution < -0.4 is 19.8 Å². The van der Waals surface area contributed by atoms with Crippen LogP contribution in [0.15, 0.2) is 79.4 Å². The topological polar surface area (TPSA) is 125 Å². The lowest BCUT2D eigenvalue weighted by Gasteiger charge is -2.17. The van der Waals surface area contributed by atoms with Crippen LogP contribution in [0.3, 0.4) is 0 Å². The maximum Gasteiger partial charge on any atom is 0.344 e. The number of benzene rings is 3. The van der Waals surface area contributed by atoms with Gasteiger partial charge < -0.3 is 23.7 Å². The minimum absolute atomic E-state index is 0.130. The fourth-order valence-electron chi connectivity index (χ4n) is 3.96. The second-order valence-corrected chi connectivity index (χ2v) is 9.38. The lowest BCUT2D eigenvalue weighted by Crippen LogP contribution is -2.23. The van der Waals surface area contributed by atoms with Gasteiger partial charge in [0.15, 0.2) is 23.4 Å². The van der Waals surface area contributed by atoms with E-state index in [1.807, 2.05) is 18.2 Å². The second kappa shape index (κ2) is 10.6. The molecule has 0 amide bonds. The number of carbonyl (C=O) groups is 1. The molecule has 0 saturated carbocycles. The Bertz CT molecular complexity index is 1780. The zero-order valence-electron chi connectivity index (χ0n) is 21.0. The van der Waals surface area contributed by atoms with Gasteiger partial charge in [0.1, 0.15) is 5.58 Å². The van der Waals surface area contributed by atoms with Crippen molar-refractivity contribution in [2.45, 2.75) is 13.0 Å². The van der Waals surface area contributed by atoms with Crippen molar-refractivity contribution >= 4 is 50.0 Å². The highest BCUT2D eigenvalue weighted by molar-refractivity contribution is 9.10. The summed E-state index contributed by atoms with van der Waals surface area (Å²) in [6.07, 6.45) is 0.303. The Labute approximate surface area is 230 Å². The van der Waals surface area contributed by atoms with E-state index in [2.05, 4.69) is 26.0 Å². The summed E-state index contributed by atoms with van der Waals surface area (Å²) in [7, 11) is 2.84. The number of carboxylic acids is 1. The predicted octanol–water partition coefficient (Wildman–Crippen LogP) is 5.32. The summed E-state index contributed by atoms with van der Waals surface area (Å²) in [6, 6.07) is 17.6. The third kappa shape index (κ3) is 5.08. The molecule has 3 aromatic carbocycles. The Morgan fingerprint density at radius 2 is 1.82 bits per heavy atom. The molecule has 2 heterocycles. The largest absolute Gasteiger partial charge is 0.493 e. The van der Waals surface area contributed by atoms with E-state index >= 15 is 0 Å². The highest BCUT2D eigenvalue weighted by Crippen LogP contribution is 2.39. The molecular weight excluding hydrogens is 570 g/mol. The molecule has 5 aromatic rings. The standard InChI is InChI=1S/C28H22BrN3O7/c1-15(28(34)35)38-25-22(36-2)10-16(11-23(25)37-3)14-30-32-26(31-20-7-5-4-6-19(20)27(32)33)24-13-17-12-18(29)8-9-21(17)39-24/h4-15H,1-3H3,(H,34,35)/t15-/m0/s1. The third-order valence-corrected chi connectivity index (χ3v) is 6.39. The molecule has 0 aliphatic carbocycles. The Morgan fingerprint density at radius 3 is 2.51 bits per heavy atom. The van der Waals surface area contributed by atoms with Gasteiger partial charge in [0.2, 0.25) is 11.6 Å². The van der Waals surface area contributed by atoms with Gasteiger partial charge in [-0.05, 0) is 55.5 Å². The number of ether oxygens (including phenoxy) is 3. The van der Waals surface area contributed by atoms with Gasteiger partial charge >= 0.3 is 5.97 Å². The van der Waals surface area contributed by atoms with E-state index in [4.69, 9.17) is 18.6 Å². The zero-order valence-corrected chi connectivity index (χ0v) is 22.6. The second-order valence-electron chi connectivity index (χ2n) is 8.46. The van der Waals surface area contributed by atoms with E-state index in [9.17, 15) is 14.7 Å². The van der Waals surface area contributed by atoms with Crippen molar-refractivity contribution in [2.24, 2.45) is 5.10 Å². The van der Waals surface area contributed by atoms with Crippen LogP contribution in [0.25, 0.3) is 33.5 Å². The van der Waals surface area contributed by atoms with Crippen molar-refractivity contribution in [3.05, 3.63) is 81.1 Å². The Morgan fingerprint density at radius 1 is 1.10 bits per heavy atom. The average molecular weight is 592 g/mol. The number of hydrogen-bond donors (Lipinski definition) is 1. The van der Waals surface area contributed by atoms with Crippen molar-refractivity contribution < 1.29 is 28.5 Å². The van der Waals surface area contributed by atoms with Crippen LogP contribution in [0.1, 0.15) is 12.5 Å². The minimum Gasteiger partial charge on any atom is -0.493 e. The molecule has 0 unspecified atom stereocenters. The van der Waals surface area contributed by atoms with Crippen molar-refractivity contribution in [3.63, 3.8) is 0 Å². The molecule has 0 aliphatic heterocycles.